The van der Waals surface area contributed by atoms with E-state index in [1.165, 1.54) is 0 Å². The van der Waals surface area contributed by atoms with Crippen molar-refractivity contribution in [3.05, 3.63) is 16.4 Å². The minimum Gasteiger partial charge on any atom is -0.374 e. The second-order valence-electron chi connectivity index (χ2n) is 5.66. The van der Waals surface area contributed by atoms with E-state index in [9.17, 15) is 0 Å². The van der Waals surface area contributed by atoms with E-state index in [0.29, 0.717) is 6.61 Å². The molecule has 1 atom stereocenters. The molecule has 0 saturated carbocycles. The molecule has 5 nitrogen and oxygen atoms in total. The lowest BCUT2D eigenvalue weighted by molar-refractivity contribution is -0.0396. The number of likely N-dealkylation sites (N-methyl/N-ethyl adjacent to an activating group) is 2. The van der Waals surface area contributed by atoms with Crippen LogP contribution < -0.4 is 5.32 Å². The van der Waals surface area contributed by atoms with Crippen molar-refractivity contribution in [3.63, 3.8) is 0 Å². The molecular formula is C14H27BrN4O. The van der Waals surface area contributed by atoms with Crippen molar-refractivity contribution < 1.29 is 4.74 Å². The van der Waals surface area contributed by atoms with Crippen molar-refractivity contribution in [2.24, 2.45) is 0 Å². The van der Waals surface area contributed by atoms with E-state index in [1.807, 2.05) is 24.9 Å². The van der Waals surface area contributed by atoms with Crippen LogP contribution >= 0.6 is 15.9 Å². The molecule has 0 aliphatic heterocycles. The Hall–Kier alpha value is -0.430. The molecule has 0 saturated heterocycles. The van der Waals surface area contributed by atoms with E-state index in [1.54, 1.807) is 0 Å². The summed E-state index contributed by atoms with van der Waals surface area (Å²) in [7, 11) is 6.09. The Labute approximate surface area is 130 Å². The molecule has 1 rings (SSSR count). The van der Waals surface area contributed by atoms with Gasteiger partial charge in [0.15, 0.2) is 0 Å². The van der Waals surface area contributed by atoms with Crippen LogP contribution in [0.1, 0.15) is 32.5 Å². The van der Waals surface area contributed by atoms with Crippen LogP contribution in [0.5, 0.6) is 0 Å². The first kappa shape index (κ1) is 17.6. The predicted octanol–water partition coefficient (Wildman–Crippen LogP) is 2.28. The number of nitrogens with zero attached hydrogens (tertiary/aromatic N) is 3. The highest BCUT2D eigenvalue weighted by molar-refractivity contribution is 9.10. The summed E-state index contributed by atoms with van der Waals surface area (Å²) in [5.74, 6) is 0. The smallest absolute Gasteiger partial charge is 0.0835 e. The van der Waals surface area contributed by atoms with Crippen molar-refractivity contribution in [1.29, 1.82) is 0 Å². The summed E-state index contributed by atoms with van der Waals surface area (Å²) in [5, 5.41) is 7.85. The lowest BCUT2D eigenvalue weighted by atomic mass is 9.95. The fraction of sp³-hybridized carbons (Fsp3) is 0.786. The van der Waals surface area contributed by atoms with Crippen LogP contribution in [0, 0.1) is 0 Å². The monoisotopic (exact) mass is 346 g/mol. The molecule has 116 valence electrons. The Morgan fingerprint density at radius 3 is 2.65 bits per heavy atom. The van der Waals surface area contributed by atoms with Crippen molar-refractivity contribution in [3.8, 4) is 0 Å². The number of ether oxygens (including phenoxy) is 1. The van der Waals surface area contributed by atoms with Crippen LogP contribution in [-0.4, -0.2) is 54.6 Å². The number of nitrogens with one attached hydrogen (secondary N) is 1. The Morgan fingerprint density at radius 2 is 2.15 bits per heavy atom. The van der Waals surface area contributed by atoms with E-state index < -0.39 is 0 Å². The Morgan fingerprint density at radius 1 is 1.50 bits per heavy atom. The Kier molecular flexibility index (Phi) is 6.64. The van der Waals surface area contributed by atoms with Gasteiger partial charge in [0.2, 0.25) is 0 Å². The van der Waals surface area contributed by atoms with Crippen molar-refractivity contribution in [2.75, 3.05) is 34.3 Å². The normalized spacial score (nSPS) is 14.0. The average molecular weight is 347 g/mol. The summed E-state index contributed by atoms with van der Waals surface area (Å²) < 4.78 is 8.97. The van der Waals surface area contributed by atoms with Crippen molar-refractivity contribution >= 4 is 15.9 Å². The zero-order chi connectivity index (χ0) is 15.3. The lowest BCUT2D eigenvalue weighted by Crippen LogP contribution is -2.41. The van der Waals surface area contributed by atoms with Crippen LogP contribution in [0.25, 0.3) is 0 Å². The number of halogens is 1. The van der Waals surface area contributed by atoms with E-state index in [-0.39, 0.29) is 11.6 Å². The van der Waals surface area contributed by atoms with Crippen LogP contribution in [0.4, 0.5) is 0 Å². The van der Waals surface area contributed by atoms with Gasteiger partial charge in [-0.15, -0.1) is 0 Å². The Balaban J connectivity index is 3.05. The molecule has 0 amide bonds. The topological polar surface area (TPSA) is 42.3 Å². The van der Waals surface area contributed by atoms with Gasteiger partial charge in [-0.05, 0) is 57.8 Å². The van der Waals surface area contributed by atoms with Gasteiger partial charge in [-0.3, -0.25) is 4.68 Å². The number of hydrogen-bond acceptors (Lipinski definition) is 4. The fourth-order valence-corrected chi connectivity index (χ4v) is 2.93. The third-order valence-corrected chi connectivity index (χ3v) is 3.98. The second kappa shape index (κ2) is 7.54. The Bertz CT molecular complexity index is 417. The molecule has 0 aromatic carbocycles. The van der Waals surface area contributed by atoms with Crippen LogP contribution in [0.15, 0.2) is 10.7 Å². The molecule has 1 aromatic rings. The van der Waals surface area contributed by atoms with E-state index in [4.69, 9.17) is 4.74 Å². The highest BCUT2D eigenvalue weighted by Crippen LogP contribution is 2.33. The van der Waals surface area contributed by atoms with Gasteiger partial charge >= 0.3 is 0 Å². The summed E-state index contributed by atoms with van der Waals surface area (Å²) >= 11 is 3.62. The third kappa shape index (κ3) is 4.28. The van der Waals surface area contributed by atoms with Crippen LogP contribution in [0.2, 0.25) is 0 Å². The van der Waals surface area contributed by atoms with Gasteiger partial charge in [0, 0.05) is 13.2 Å². The third-order valence-electron chi connectivity index (χ3n) is 3.37. The lowest BCUT2D eigenvalue weighted by Gasteiger charge is -2.34. The maximum absolute atomic E-state index is 5.91. The second-order valence-corrected chi connectivity index (χ2v) is 6.52. The molecule has 1 heterocycles. The minimum atomic E-state index is -0.304. The molecule has 1 aromatic heterocycles. The summed E-state index contributed by atoms with van der Waals surface area (Å²) in [4.78, 5) is 2.15. The number of rotatable bonds is 8. The zero-order valence-corrected chi connectivity index (χ0v) is 15.0. The van der Waals surface area contributed by atoms with Crippen molar-refractivity contribution in [1.82, 2.24) is 20.0 Å². The van der Waals surface area contributed by atoms with Gasteiger partial charge in [0.05, 0.1) is 34.6 Å². The molecule has 1 unspecified atom stereocenters. The molecular weight excluding hydrogens is 320 g/mol. The molecule has 0 spiro atoms. The van der Waals surface area contributed by atoms with Gasteiger partial charge in [0.1, 0.15) is 0 Å². The van der Waals surface area contributed by atoms with Crippen molar-refractivity contribution in [2.45, 2.75) is 39.0 Å². The first-order valence-corrected chi connectivity index (χ1v) is 7.80. The molecule has 6 heteroatoms. The minimum absolute atomic E-state index is 0.0708. The maximum atomic E-state index is 5.91. The first-order valence-electron chi connectivity index (χ1n) is 7.00. The predicted molar refractivity (Wildman–Crippen MR) is 86.0 cm³/mol. The molecule has 0 fully saturated rings. The van der Waals surface area contributed by atoms with E-state index in [0.717, 1.165) is 23.3 Å². The van der Waals surface area contributed by atoms with E-state index in [2.05, 4.69) is 59.2 Å². The van der Waals surface area contributed by atoms with Gasteiger partial charge in [-0.2, -0.15) is 5.10 Å². The SMILES string of the molecule is CCOC(C)(C)C(NC)c1c(Br)cnn1CCN(C)C. The molecule has 0 aliphatic carbocycles. The average Bonchev–Trinajstić information content (AvgIpc) is 2.69. The number of hydrogen-bond donors (Lipinski definition) is 1. The molecule has 1 N–H and O–H groups in total. The maximum Gasteiger partial charge on any atom is 0.0835 e. The molecule has 0 bridgehead atoms. The van der Waals surface area contributed by atoms with Crippen LogP contribution in [-0.2, 0) is 11.3 Å². The largest absolute Gasteiger partial charge is 0.374 e. The van der Waals surface area contributed by atoms with Gasteiger partial charge in [-0.1, -0.05) is 0 Å². The zero-order valence-electron chi connectivity index (χ0n) is 13.4. The van der Waals surface area contributed by atoms with E-state index >= 15 is 0 Å². The highest BCUT2D eigenvalue weighted by atomic mass is 79.9. The van der Waals surface area contributed by atoms with Gasteiger partial charge < -0.3 is 15.0 Å². The van der Waals surface area contributed by atoms with Gasteiger partial charge in [0.25, 0.3) is 0 Å². The molecule has 0 aliphatic rings. The highest BCUT2D eigenvalue weighted by Gasteiger charge is 2.34. The number of aromatic nitrogens is 2. The first-order chi connectivity index (χ1) is 9.33. The summed E-state index contributed by atoms with van der Waals surface area (Å²) in [6.07, 6.45) is 1.86. The summed E-state index contributed by atoms with van der Waals surface area (Å²) in [6.45, 7) is 8.73. The molecule has 0 radical (unpaired) electrons. The fourth-order valence-electron chi connectivity index (χ4n) is 2.40. The summed E-state index contributed by atoms with van der Waals surface area (Å²) in [6, 6.07) is 0.0708. The summed E-state index contributed by atoms with van der Waals surface area (Å²) in [5.41, 5.74) is 0.829. The van der Waals surface area contributed by atoms with Gasteiger partial charge in [-0.25, -0.2) is 0 Å². The molecule has 20 heavy (non-hydrogen) atoms. The van der Waals surface area contributed by atoms with Crippen LogP contribution in [0.3, 0.4) is 0 Å². The standard InChI is InChI=1S/C14H27BrN4O/c1-7-20-14(2,3)13(16-4)12-11(15)10-17-19(12)9-8-18(5)6/h10,13,16H,7-9H2,1-6H3. The quantitative estimate of drug-likeness (QED) is 0.784.